The fraction of sp³-hybridized carbons (Fsp3) is 0.280. The van der Waals surface area contributed by atoms with Gasteiger partial charge in [0.05, 0.1) is 25.3 Å². The van der Waals surface area contributed by atoms with Crippen molar-refractivity contribution < 1.29 is 9.53 Å². The van der Waals surface area contributed by atoms with Crippen LogP contribution in [0.2, 0.25) is 0 Å². The Bertz CT molecular complexity index is 954. The maximum absolute atomic E-state index is 13.0. The molecule has 2 aromatic carbocycles. The van der Waals surface area contributed by atoms with Crippen LogP contribution in [0, 0.1) is 0 Å². The molecule has 2 heterocycles. The molecule has 1 amide bonds. The Hall–Kier alpha value is -3.14. The summed E-state index contributed by atoms with van der Waals surface area (Å²) in [6.45, 7) is 0.796. The SMILES string of the molecule is COc1ccc(CC(=O)N2CCC[C@H]2c2cccc(Cc3ccccc3)n2)cc1. The third-order valence-corrected chi connectivity index (χ3v) is 5.49. The van der Waals surface area contributed by atoms with Gasteiger partial charge in [0.1, 0.15) is 5.75 Å². The molecule has 0 aliphatic carbocycles. The van der Waals surface area contributed by atoms with Gasteiger partial charge in [-0.2, -0.15) is 0 Å². The van der Waals surface area contributed by atoms with E-state index in [4.69, 9.17) is 9.72 Å². The highest BCUT2D eigenvalue weighted by atomic mass is 16.5. The predicted molar refractivity (Wildman–Crippen MR) is 114 cm³/mol. The van der Waals surface area contributed by atoms with Crippen LogP contribution in [-0.2, 0) is 17.6 Å². The van der Waals surface area contributed by atoms with Crippen LogP contribution in [0.1, 0.15) is 41.4 Å². The molecular formula is C25H26N2O2. The number of likely N-dealkylation sites (tertiary alicyclic amines) is 1. The summed E-state index contributed by atoms with van der Waals surface area (Å²) in [7, 11) is 1.65. The number of carbonyl (C=O) groups excluding carboxylic acids is 1. The third-order valence-electron chi connectivity index (χ3n) is 5.49. The topological polar surface area (TPSA) is 42.4 Å². The average Bonchev–Trinajstić information content (AvgIpc) is 3.25. The fourth-order valence-electron chi connectivity index (χ4n) is 3.98. The minimum absolute atomic E-state index is 0.0662. The van der Waals surface area contributed by atoms with E-state index in [-0.39, 0.29) is 11.9 Å². The van der Waals surface area contributed by atoms with Gasteiger partial charge in [0.25, 0.3) is 0 Å². The molecule has 0 saturated carbocycles. The summed E-state index contributed by atoms with van der Waals surface area (Å²) in [6, 6.07) is 24.3. The molecule has 0 unspecified atom stereocenters. The van der Waals surface area contributed by atoms with Gasteiger partial charge in [-0.25, -0.2) is 0 Å². The van der Waals surface area contributed by atoms with E-state index >= 15 is 0 Å². The van der Waals surface area contributed by atoms with Gasteiger partial charge in [-0.1, -0.05) is 48.5 Å². The van der Waals surface area contributed by atoms with Crippen molar-refractivity contribution in [1.29, 1.82) is 0 Å². The summed E-state index contributed by atoms with van der Waals surface area (Å²) in [5.41, 5.74) is 4.30. The van der Waals surface area contributed by atoms with E-state index < -0.39 is 0 Å². The molecule has 1 aliphatic rings. The summed E-state index contributed by atoms with van der Waals surface area (Å²) in [4.78, 5) is 19.9. The summed E-state index contributed by atoms with van der Waals surface area (Å²) in [5, 5.41) is 0. The highest BCUT2D eigenvalue weighted by Gasteiger charge is 2.30. The van der Waals surface area contributed by atoms with E-state index in [2.05, 4.69) is 42.5 Å². The molecule has 4 heteroatoms. The molecule has 0 N–H and O–H groups in total. The van der Waals surface area contributed by atoms with E-state index in [9.17, 15) is 4.79 Å². The number of amides is 1. The normalized spacial score (nSPS) is 16.0. The van der Waals surface area contributed by atoms with Crippen molar-refractivity contribution in [1.82, 2.24) is 9.88 Å². The number of hydrogen-bond donors (Lipinski definition) is 0. The standard InChI is InChI=1S/C25H26N2O2/c1-29-22-14-12-20(13-15-22)18-25(28)27-16-6-11-24(27)23-10-5-9-21(26-23)17-19-7-3-2-4-8-19/h2-5,7-10,12-15,24H,6,11,16-18H2,1H3/t24-/m0/s1. The molecule has 29 heavy (non-hydrogen) atoms. The quantitative estimate of drug-likeness (QED) is 0.622. The Kier molecular flexibility index (Phi) is 5.89. The van der Waals surface area contributed by atoms with Crippen LogP contribution in [0.15, 0.2) is 72.8 Å². The second kappa shape index (κ2) is 8.91. The molecule has 1 saturated heterocycles. The van der Waals surface area contributed by atoms with Crippen LogP contribution in [-0.4, -0.2) is 29.4 Å². The fourth-order valence-corrected chi connectivity index (χ4v) is 3.98. The van der Waals surface area contributed by atoms with Gasteiger partial charge in [-0.15, -0.1) is 0 Å². The number of carbonyl (C=O) groups is 1. The zero-order valence-corrected chi connectivity index (χ0v) is 16.8. The van der Waals surface area contributed by atoms with Crippen molar-refractivity contribution in [2.45, 2.75) is 31.7 Å². The molecule has 0 bridgehead atoms. The zero-order chi connectivity index (χ0) is 20.1. The molecule has 1 aromatic heterocycles. The molecule has 0 spiro atoms. The lowest BCUT2D eigenvalue weighted by Gasteiger charge is -2.25. The molecule has 1 aliphatic heterocycles. The predicted octanol–water partition coefficient (Wildman–Crippen LogP) is 4.59. The number of rotatable bonds is 6. The first-order valence-electron chi connectivity index (χ1n) is 10.1. The van der Waals surface area contributed by atoms with Gasteiger partial charge < -0.3 is 9.64 Å². The first-order valence-corrected chi connectivity index (χ1v) is 10.1. The van der Waals surface area contributed by atoms with Gasteiger partial charge in [0.2, 0.25) is 5.91 Å². The summed E-state index contributed by atoms with van der Waals surface area (Å²) in [5.74, 6) is 0.965. The molecular weight excluding hydrogens is 360 g/mol. The van der Waals surface area contributed by atoms with Crippen LogP contribution >= 0.6 is 0 Å². The van der Waals surface area contributed by atoms with Crippen LogP contribution in [0.4, 0.5) is 0 Å². The second-order valence-corrected chi connectivity index (χ2v) is 7.49. The highest BCUT2D eigenvalue weighted by molar-refractivity contribution is 5.79. The van der Waals surface area contributed by atoms with Crippen molar-refractivity contribution in [2.24, 2.45) is 0 Å². The smallest absolute Gasteiger partial charge is 0.227 e. The summed E-state index contributed by atoms with van der Waals surface area (Å²) >= 11 is 0. The maximum Gasteiger partial charge on any atom is 0.227 e. The Labute approximate surface area is 172 Å². The molecule has 3 aromatic rings. The van der Waals surface area contributed by atoms with Crippen molar-refractivity contribution in [3.8, 4) is 5.75 Å². The highest BCUT2D eigenvalue weighted by Crippen LogP contribution is 2.31. The Morgan fingerprint density at radius 1 is 1.00 bits per heavy atom. The van der Waals surface area contributed by atoms with Crippen LogP contribution in [0.5, 0.6) is 5.75 Å². The monoisotopic (exact) mass is 386 g/mol. The maximum atomic E-state index is 13.0. The van der Waals surface area contributed by atoms with Crippen LogP contribution in [0.25, 0.3) is 0 Å². The minimum atomic E-state index is 0.0662. The van der Waals surface area contributed by atoms with Crippen LogP contribution < -0.4 is 4.74 Å². The Morgan fingerprint density at radius 2 is 1.79 bits per heavy atom. The van der Waals surface area contributed by atoms with E-state index in [1.165, 1.54) is 5.56 Å². The lowest BCUT2D eigenvalue weighted by molar-refractivity contribution is -0.131. The van der Waals surface area contributed by atoms with Gasteiger partial charge in [-0.05, 0) is 48.2 Å². The third kappa shape index (κ3) is 4.65. The van der Waals surface area contributed by atoms with Crippen molar-refractivity contribution in [2.75, 3.05) is 13.7 Å². The minimum Gasteiger partial charge on any atom is -0.497 e. The molecule has 1 atom stereocenters. The number of hydrogen-bond acceptors (Lipinski definition) is 3. The molecule has 0 radical (unpaired) electrons. The Morgan fingerprint density at radius 3 is 2.55 bits per heavy atom. The number of pyridine rings is 1. The largest absolute Gasteiger partial charge is 0.497 e. The van der Waals surface area contributed by atoms with Crippen molar-refractivity contribution in [3.05, 3.63) is 95.3 Å². The van der Waals surface area contributed by atoms with E-state index in [0.29, 0.717) is 6.42 Å². The second-order valence-electron chi connectivity index (χ2n) is 7.49. The average molecular weight is 386 g/mol. The lowest BCUT2D eigenvalue weighted by atomic mass is 10.1. The number of benzene rings is 2. The lowest BCUT2D eigenvalue weighted by Crippen LogP contribution is -2.32. The first-order chi connectivity index (χ1) is 14.2. The van der Waals surface area contributed by atoms with Crippen LogP contribution in [0.3, 0.4) is 0 Å². The van der Waals surface area contributed by atoms with Crippen molar-refractivity contribution in [3.63, 3.8) is 0 Å². The summed E-state index contributed by atoms with van der Waals surface area (Å²) in [6.07, 6.45) is 3.20. The van der Waals surface area contributed by atoms with Gasteiger partial charge in [-0.3, -0.25) is 9.78 Å². The molecule has 148 valence electrons. The number of ether oxygens (including phenoxy) is 1. The zero-order valence-electron chi connectivity index (χ0n) is 16.8. The number of nitrogens with zero attached hydrogens (tertiary/aromatic N) is 2. The van der Waals surface area contributed by atoms with Gasteiger partial charge >= 0.3 is 0 Å². The Balaban J connectivity index is 1.47. The van der Waals surface area contributed by atoms with Crippen molar-refractivity contribution >= 4 is 5.91 Å². The summed E-state index contributed by atoms with van der Waals surface area (Å²) < 4.78 is 5.20. The number of aromatic nitrogens is 1. The molecule has 4 nitrogen and oxygen atoms in total. The number of methoxy groups -OCH3 is 1. The molecule has 1 fully saturated rings. The van der Waals surface area contributed by atoms with E-state index in [0.717, 1.165) is 48.5 Å². The molecule has 4 rings (SSSR count). The van der Waals surface area contributed by atoms with Gasteiger partial charge in [0.15, 0.2) is 0 Å². The van der Waals surface area contributed by atoms with Gasteiger partial charge in [0, 0.05) is 18.7 Å². The first kappa shape index (κ1) is 19.2. The van der Waals surface area contributed by atoms with E-state index in [1.807, 2.05) is 35.2 Å². The van der Waals surface area contributed by atoms with E-state index in [1.54, 1.807) is 7.11 Å².